The van der Waals surface area contributed by atoms with Crippen molar-refractivity contribution in [1.82, 2.24) is 4.98 Å². The highest BCUT2D eigenvalue weighted by Crippen LogP contribution is 2.20. The lowest BCUT2D eigenvalue weighted by atomic mass is 10.3. The first-order valence-electron chi connectivity index (χ1n) is 2.94. The van der Waals surface area contributed by atoms with Gasteiger partial charge in [0.05, 0.1) is 5.69 Å². The minimum absolute atomic E-state index is 0.251. The molecule has 0 spiro atoms. The lowest BCUT2D eigenvalue weighted by Gasteiger charge is -2.00. The number of aromatic hydroxyl groups is 1. The van der Waals surface area contributed by atoms with Gasteiger partial charge in [-0.05, 0) is 41.4 Å². The molecule has 0 bridgehead atoms. The van der Waals surface area contributed by atoms with Crippen LogP contribution in [0.1, 0.15) is 11.3 Å². The van der Waals surface area contributed by atoms with Crippen LogP contribution in [0.2, 0.25) is 0 Å². The fourth-order valence-electron chi connectivity index (χ4n) is 0.662. The zero-order valence-electron chi connectivity index (χ0n) is 5.85. The van der Waals surface area contributed by atoms with E-state index in [-0.39, 0.29) is 5.75 Å². The van der Waals surface area contributed by atoms with Crippen LogP contribution in [-0.2, 0) is 0 Å². The number of aromatic nitrogens is 1. The molecule has 0 unspecified atom stereocenters. The monoisotopic (exact) mass is 201 g/mol. The zero-order valence-corrected chi connectivity index (χ0v) is 7.44. The van der Waals surface area contributed by atoms with Crippen molar-refractivity contribution in [2.45, 2.75) is 13.8 Å². The molecule has 54 valence electrons. The average molecular weight is 202 g/mol. The summed E-state index contributed by atoms with van der Waals surface area (Å²) in [7, 11) is 0. The summed E-state index contributed by atoms with van der Waals surface area (Å²) in [6, 6.07) is 1.69. The molecular weight excluding hydrogens is 194 g/mol. The number of hydrogen-bond acceptors (Lipinski definition) is 2. The molecule has 0 saturated carbocycles. The van der Waals surface area contributed by atoms with Crippen LogP contribution in [0.3, 0.4) is 0 Å². The van der Waals surface area contributed by atoms with Crippen LogP contribution in [0, 0.1) is 13.8 Å². The van der Waals surface area contributed by atoms with Gasteiger partial charge in [-0.3, -0.25) is 0 Å². The van der Waals surface area contributed by atoms with Crippen molar-refractivity contribution >= 4 is 15.9 Å². The maximum absolute atomic E-state index is 9.14. The molecule has 1 aromatic rings. The van der Waals surface area contributed by atoms with Crippen molar-refractivity contribution in [3.63, 3.8) is 0 Å². The number of pyridine rings is 1. The predicted molar refractivity (Wildman–Crippen MR) is 43.1 cm³/mol. The Bertz CT molecular complexity index is 210. The van der Waals surface area contributed by atoms with E-state index < -0.39 is 0 Å². The van der Waals surface area contributed by atoms with E-state index in [4.69, 9.17) is 5.11 Å². The second kappa shape index (κ2) is 2.58. The molecule has 1 N–H and O–H groups in total. The molecule has 0 amide bonds. The summed E-state index contributed by atoms with van der Waals surface area (Å²) in [5.74, 6) is 0.251. The smallest absolute Gasteiger partial charge is 0.137 e. The Hall–Kier alpha value is -0.570. The topological polar surface area (TPSA) is 33.1 Å². The standard InChI is InChI=1S/C7H8BrNO/c1-4-3-6(10)5(2)9-7(4)8/h3,10H,1-2H3. The molecule has 0 fully saturated rings. The van der Waals surface area contributed by atoms with E-state index in [0.29, 0.717) is 5.69 Å². The Labute approximate surface area is 68.0 Å². The van der Waals surface area contributed by atoms with Crippen LogP contribution in [0.5, 0.6) is 5.75 Å². The lowest BCUT2D eigenvalue weighted by Crippen LogP contribution is -1.85. The highest BCUT2D eigenvalue weighted by molar-refractivity contribution is 9.10. The van der Waals surface area contributed by atoms with Crippen LogP contribution < -0.4 is 0 Å². The Morgan fingerprint density at radius 3 is 2.60 bits per heavy atom. The van der Waals surface area contributed by atoms with E-state index in [1.165, 1.54) is 0 Å². The molecule has 10 heavy (non-hydrogen) atoms. The molecule has 0 aliphatic carbocycles. The van der Waals surface area contributed by atoms with Gasteiger partial charge in [0.1, 0.15) is 10.4 Å². The van der Waals surface area contributed by atoms with E-state index in [1.807, 2.05) is 6.92 Å². The maximum Gasteiger partial charge on any atom is 0.137 e. The number of nitrogens with zero attached hydrogens (tertiary/aromatic N) is 1. The number of rotatable bonds is 0. The van der Waals surface area contributed by atoms with Gasteiger partial charge < -0.3 is 5.11 Å². The summed E-state index contributed by atoms with van der Waals surface area (Å²) in [4.78, 5) is 4.04. The van der Waals surface area contributed by atoms with Crippen molar-refractivity contribution in [2.75, 3.05) is 0 Å². The van der Waals surface area contributed by atoms with Crippen molar-refractivity contribution in [1.29, 1.82) is 0 Å². The van der Waals surface area contributed by atoms with Crippen LogP contribution in [0.4, 0.5) is 0 Å². The Balaban J connectivity index is 3.28. The van der Waals surface area contributed by atoms with Gasteiger partial charge in [-0.1, -0.05) is 0 Å². The van der Waals surface area contributed by atoms with Gasteiger partial charge in [-0.2, -0.15) is 0 Å². The van der Waals surface area contributed by atoms with Gasteiger partial charge in [-0.15, -0.1) is 0 Å². The fraction of sp³-hybridized carbons (Fsp3) is 0.286. The van der Waals surface area contributed by atoms with Gasteiger partial charge in [0.25, 0.3) is 0 Å². The quantitative estimate of drug-likeness (QED) is 0.654. The predicted octanol–water partition coefficient (Wildman–Crippen LogP) is 2.17. The molecule has 3 heteroatoms. The molecule has 0 aliphatic heterocycles. The molecule has 1 aromatic heterocycles. The van der Waals surface area contributed by atoms with Crippen LogP contribution in [0.15, 0.2) is 10.7 Å². The first-order valence-corrected chi connectivity index (χ1v) is 3.73. The van der Waals surface area contributed by atoms with Gasteiger partial charge in [-0.25, -0.2) is 4.98 Å². The number of halogens is 1. The summed E-state index contributed by atoms with van der Waals surface area (Å²) in [6.45, 7) is 3.65. The molecule has 0 radical (unpaired) electrons. The number of hydrogen-bond donors (Lipinski definition) is 1. The molecule has 0 aliphatic rings. The molecule has 0 saturated heterocycles. The third-order valence-electron chi connectivity index (χ3n) is 1.32. The van der Waals surface area contributed by atoms with Crippen molar-refractivity contribution in [3.8, 4) is 5.75 Å². The molecule has 0 aromatic carbocycles. The van der Waals surface area contributed by atoms with Crippen molar-refractivity contribution in [3.05, 3.63) is 21.9 Å². The van der Waals surface area contributed by atoms with Crippen LogP contribution in [0.25, 0.3) is 0 Å². The first kappa shape index (κ1) is 7.54. The number of aryl methyl sites for hydroxylation is 2. The Morgan fingerprint density at radius 2 is 2.10 bits per heavy atom. The van der Waals surface area contributed by atoms with Crippen molar-refractivity contribution < 1.29 is 5.11 Å². The average Bonchev–Trinajstić information content (AvgIpc) is 1.84. The molecule has 1 heterocycles. The van der Waals surface area contributed by atoms with E-state index in [0.717, 1.165) is 10.2 Å². The van der Waals surface area contributed by atoms with Crippen LogP contribution >= 0.6 is 15.9 Å². The molecule has 1 rings (SSSR count). The molecule has 0 atom stereocenters. The largest absolute Gasteiger partial charge is 0.506 e. The maximum atomic E-state index is 9.14. The third kappa shape index (κ3) is 1.29. The van der Waals surface area contributed by atoms with E-state index >= 15 is 0 Å². The van der Waals surface area contributed by atoms with Gasteiger partial charge in [0.2, 0.25) is 0 Å². The zero-order chi connectivity index (χ0) is 7.72. The van der Waals surface area contributed by atoms with Gasteiger partial charge in [0, 0.05) is 0 Å². The Kier molecular flexibility index (Phi) is 1.94. The normalized spacial score (nSPS) is 9.90. The van der Waals surface area contributed by atoms with Gasteiger partial charge in [0.15, 0.2) is 0 Å². The van der Waals surface area contributed by atoms with E-state index in [2.05, 4.69) is 20.9 Å². The summed E-state index contributed by atoms with van der Waals surface area (Å²) >= 11 is 3.26. The highest BCUT2D eigenvalue weighted by atomic mass is 79.9. The second-order valence-electron chi connectivity index (χ2n) is 2.20. The first-order chi connectivity index (χ1) is 4.61. The summed E-state index contributed by atoms with van der Waals surface area (Å²) in [5, 5.41) is 9.14. The second-order valence-corrected chi connectivity index (χ2v) is 2.95. The van der Waals surface area contributed by atoms with Gasteiger partial charge >= 0.3 is 0 Å². The SMILES string of the molecule is Cc1cc(O)c(C)nc1Br. The molecular formula is C7H8BrNO. The van der Waals surface area contributed by atoms with E-state index in [9.17, 15) is 0 Å². The van der Waals surface area contributed by atoms with E-state index in [1.54, 1.807) is 13.0 Å². The summed E-state index contributed by atoms with van der Waals surface area (Å²) in [6.07, 6.45) is 0. The fourth-order valence-corrected chi connectivity index (χ4v) is 1.04. The Morgan fingerprint density at radius 1 is 1.50 bits per heavy atom. The summed E-state index contributed by atoms with van der Waals surface area (Å²) < 4.78 is 0.794. The molecule has 2 nitrogen and oxygen atoms in total. The minimum atomic E-state index is 0.251. The third-order valence-corrected chi connectivity index (χ3v) is 2.12. The minimum Gasteiger partial charge on any atom is -0.506 e. The van der Waals surface area contributed by atoms with Crippen molar-refractivity contribution in [2.24, 2.45) is 0 Å². The summed E-state index contributed by atoms with van der Waals surface area (Å²) in [5.41, 5.74) is 1.60. The highest BCUT2D eigenvalue weighted by Gasteiger charge is 2.00. The lowest BCUT2D eigenvalue weighted by molar-refractivity contribution is 0.466. The van der Waals surface area contributed by atoms with Crippen LogP contribution in [-0.4, -0.2) is 10.1 Å².